The molecule has 1 rings (SSSR count). The van der Waals surface area contributed by atoms with E-state index in [4.69, 9.17) is 0 Å². The highest BCUT2D eigenvalue weighted by atomic mass is 19.3. The van der Waals surface area contributed by atoms with E-state index in [0.29, 0.717) is 0 Å². The average molecular weight is 250 g/mol. The van der Waals surface area contributed by atoms with E-state index in [1.165, 1.54) is 0 Å². The molecule has 1 aromatic carbocycles. The first kappa shape index (κ1) is 13.1. The fourth-order valence-electron chi connectivity index (χ4n) is 1.16. The predicted molar refractivity (Wildman–Crippen MR) is 50.9 cm³/mol. The van der Waals surface area contributed by atoms with Crippen LogP contribution in [0.2, 0.25) is 0 Å². The minimum atomic E-state index is -3.19. The Morgan fingerprint density at radius 2 is 1.94 bits per heavy atom. The molecule has 1 aromatic rings. The fourth-order valence-corrected chi connectivity index (χ4v) is 1.16. The first-order chi connectivity index (χ1) is 7.99. The molecule has 0 aromatic heterocycles. The van der Waals surface area contributed by atoms with Gasteiger partial charge in [0.1, 0.15) is 0 Å². The van der Waals surface area contributed by atoms with Crippen LogP contribution < -0.4 is 9.47 Å². The van der Waals surface area contributed by atoms with E-state index in [2.05, 4.69) is 14.2 Å². The van der Waals surface area contributed by atoms with Gasteiger partial charge in [-0.2, -0.15) is 8.78 Å². The van der Waals surface area contributed by atoms with Crippen molar-refractivity contribution in [2.75, 3.05) is 14.2 Å². The van der Waals surface area contributed by atoms with Gasteiger partial charge in [0.2, 0.25) is 5.75 Å². The van der Waals surface area contributed by atoms with E-state index in [9.17, 15) is 18.0 Å². The molecule has 7 heteroatoms. The van der Waals surface area contributed by atoms with E-state index in [-0.39, 0.29) is 11.3 Å². The number of carbonyl (C=O) groups excluding carboxylic acids is 1. The number of esters is 1. The SMILES string of the molecule is COC(=O)c1cc(F)c(OC(F)F)c(OC)c1. The van der Waals surface area contributed by atoms with Gasteiger partial charge in [-0.25, -0.2) is 9.18 Å². The molecule has 94 valence electrons. The Kier molecular flexibility index (Phi) is 4.19. The van der Waals surface area contributed by atoms with Crippen molar-refractivity contribution < 1.29 is 32.2 Å². The molecule has 0 radical (unpaired) electrons. The Bertz CT molecular complexity index is 420. The highest BCUT2D eigenvalue weighted by Crippen LogP contribution is 2.33. The number of hydrogen-bond donors (Lipinski definition) is 0. The van der Waals surface area contributed by atoms with Crippen LogP contribution in [-0.4, -0.2) is 26.8 Å². The highest BCUT2D eigenvalue weighted by molar-refractivity contribution is 5.90. The molecule has 0 saturated heterocycles. The molecule has 0 unspecified atom stereocenters. The van der Waals surface area contributed by atoms with Gasteiger partial charge in [0, 0.05) is 0 Å². The summed E-state index contributed by atoms with van der Waals surface area (Å²) >= 11 is 0. The van der Waals surface area contributed by atoms with Crippen LogP contribution in [0.1, 0.15) is 10.4 Å². The van der Waals surface area contributed by atoms with Crippen LogP contribution in [0.3, 0.4) is 0 Å². The van der Waals surface area contributed by atoms with Crippen molar-refractivity contribution in [3.63, 3.8) is 0 Å². The smallest absolute Gasteiger partial charge is 0.387 e. The Hall–Kier alpha value is -1.92. The zero-order valence-corrected chi connectivity index (χ0v) is 9.00. The van der Waals surface area contributed by atoms with Gasteiger partial charge >= 0.3 is 12.6 Å². The molecule has 0 saturated carbocycles. The first-order valence-corrected chi connectivity index (χ1v) is 4.40. The summed E-state index contributed by atoms with van der Waals surface area (Å²) in [6.45, 7) is -3.19. The first-order valence-electron chi connectivity index (χ1n) is 4.40. The normalized spacial score (nSPS) is 10.2. The quantitative estimate of drug-likeness (QED) is 0.768. The van der Waals surface area contributed by atoms with E-state index in [1.807, 2.05) is 0 Å². The van der Waals surface area contributed by atoms with Gasteiger partial charge in [0.25, 0.3) is 0 Å². The van der Waals surface area contributed by atoms with Gasteiger partial charge in [-0.15, -0.1) is 0 Å². The summed E-state index contributed by atoms with van der Waals surface area (Å²) in [6, 6.07) is 1.78. The third-order valence-electron chi connectivity index (χ3n) is 1.86. The van der Waals surface area contributed by atoms with Gasteiger partial charge in [0.15, 0.2) is 11.6 Å². The number of hydrogen-bond acceptors (Lipinski definition) is 4. The van der Waals surface area contributed by atoms with E-state index in [1.54, 1.807) is 0 Å². The lowest BCUT2D eigenvalue weighted by molar-refractivity contribution is -0.0536. The van der Waals surface area contributed by atoms with Crippen molar-refractivity contribution in [3.05, 3.63) is 23.5 Å². The van der Waals surface area contributed by atoms with Crippen molar-refractivity contribution >= 4 is 5.97 Å². The molecule has 0 atom stereocenters. The van der Waals surface area contributed by atoms with Crippen molar-refractivity contribution in [1.29, 1.82) is 0 Å². The molecule has 4 nitrogen and oxygen atoms in total. The predicted octanol–water partition coefficient (Wildman–Crippen LogP) is 2.22. The third kappa shape index (κ3) is 3.02. The van der Waals surface area contributed by atoms with Crippen molar-refractivity contribution in [1.82, 2.24) is 0 Å². The van der Waals surface area contributed by atoms with Crippen LogP contribution in [-0.2, 0) is 4.74 Å². The van der Waals surface area contributed by atoms with Crippen molar-refractivity contribution in [2.24, 2.45) is 0 Å². The molecule has 0 aliphatic heterocycles. The molecule has 0 bridgehead atoms. The van der Waals surface area contributed by atoms with E-state index < -0.39 is 24.1 Å². The Balaban J connectivity index is 3.20. The number of alkyl halides is 2. The molecule has 0 fully saturated rings. The fraction of sp³-hybridized carbons (Fsp3) is 0.300. The van der Waals surface area contributed by atoms with E-state index >= 15 is 0 Å². The molecule has 0 amide bonds. The molecular formula is C10H9F3O4. The van der Waals surface area contributed by atoms with Gasteiger partial charge in [-0.1, -0.05) is 0 Å². The molecule has 0 aliphatic carbocycles. The van der Waals surface area contributed by atoms with Crippen LogP contribution in [0.15, 0.2) is 12.1 Å². The van der Waals surface area contributed by atoms with Gasteiger partial charge in [-0.05, 0) is 12.1 Å². The highest BCUT2D eigenvalue weighted by Gasteiger charge is 2.19. The Morgan fingerprint density at radius 3 is 2.41 bits per heavy atom. The van der Waals surface area contributed by atoms with Crippen molar-refractivity contribution in [2.45, 2.75) is 6.61 Å². The van der Waals surface area contributed by atoms with Crippen LogP contribution in [0.25, 0.3) is 0 Å². The lowest BCUT2D eigenvalue weighted by Crippen LogP contribution is -2.08. The van der Waals surface area contributed by atoms with E-state index in [0.717, 1.165) is 26.4 Å². The second-order valence-electron chi connectivity index (χ2n) is 2.86. The summed E-state index contributed by atoms with van der Waals surface area (Å²) in [5.41, 5.74) is -0.163. The third-order valence-corrected chi connectivity index (χ3v) is 1.86. The maximum atomic E-state index is 13.4. The average Bonchev–Trinajstić information content (AvgIpc) is 2.29. The van der Waals surface area contributed by atoms with Crippen LogP contribution in [0.5, 0.6) is 11.5 Å². The molecule has 17 heavy (non-hydrogen) atoms. The topological polar surface area (TPSA) is 44.8 Å². The maximum Gasteiger partial charge on any atom is 0.387 e. The molecule has 0 N–H and O–H groups in total. The second-order valence-corrected chi connectivity index (χ2v) is 2.86. The largest absolute Gasteiger partial charge is 0.493 e. The van der Waals surface area contributed by atoms with Crippen LogP contribution in [0, 0.1) is 5.82 Å². The second kappa shape index (κ2) is 5.42. The number of ether oxygens (including phenoxy) is 3. The van der Waals surface area contributed by atoms with Gasteiger partial charge in [-0.3, -0.25) is 0 Å². The lowest BCUT2D eigenvalue weighted by Gasteiger charge is -2.11. The minimum Gasteiger partial charge on any atom is -0.493 e. The molecule has 0 aliphatic rings. The Morgan fingerprint density at radius 1 is 1.29 bits per heavy atom. The molecular weight excluding hydrogens is 241 g/mol. The number of carbonyl (C=O) groups is 1. The number of halogens is 3. The van der Waals surface area contributed by atoms with Gasteiger partial charge in [0.05, 0.1) is 19.8 Å². The summed E-state index contributed by atoms with van der Waals surface area (Å²) < 4.78 is 50.4. The summed E-state index contributed by atoms with van der Waals surface area (Å²) in [4.78, 5) is 11.1. The standard InChI is InChI=1S/C10H9F3O4/c1-15-7-4-5(9(14)16-2)3-6(11)8(7)17-10(12)13/h3-4,10H,1-2H3. The van der Waals surface area contributed by atoms with Crippen molar-refractivity contribution in [3.8, 4) is 11.5 Å². The van der Waals surface area contributed by atoms with Crippen LogP contribution >= 0.6 is 0 Å². The van der Waals surface area contributed by atoms with Gasteiger partial charge < -0.3 is 14.2 Å². The zero-order chi connectivity index (χ0) is 13.0. The minimum absolute atomic E-state index is 0.163. The lowest BCUT2D eigenvalue weighted by atomic mass is 10.2. The summed E-state index contributed by atoms with van der Waals surface area (Å²) in [5, 5.41) is 0. The monoisotopic (exact) mass is 250 g/mol. The molecule has 0 heterocycles. The maximum absolute atomic E-state index is 13.4. The summed E-state index contributed by atoms with van der Waals surface area (Å²) in [6.07, 6.45) is 0. The Labute approximate surface area is 94.9 Å². The summed E-state index contributed by atoms with van der Waals surface area (Å²) in [5.74, 6) is -3.02. The summed E-state index contributed by atoms with van der Waals surface area (Å²) in [7, 11) is 2.24. The number of methoxy groups -OCH3 is 2. The zero-order valence-electron chi connectivity index (χ0n) is 9.00. The molecule has 0 spiro atoms. The number of benzene rings is 1. The van der Waals surface area contributed by atoms with Crippen LogP contribution in [0.4, 0.5) is 13.2 Å². The number of rotatable bonds is 4.